The number of alkyl halides is 1. The first kappa shape index (κ1) is 23.3. The Kier molecular flexibility index (Phi) is 6.76. The average Bonchev–Trinajstić information content (AvgIpc) is 3.34. The molecular weight excluding hydrogens is 451 g/mol. The van der Waals surface area contributed by atoms with Gasteiger partial charge in [0, 0.05) is 37.3 Å². The molecule has 1 aliphatic heterocycles. The summed E-state index contributed by atoms with van der Waals surface area (Å²) < 4.78 is 43.4. The van der Waals surface area contributed by atoms with Crippen molar-refractivity contribution in [2.45, 2.75) is 25.6 Å². The average molecular weight is 478 g/mol. The van der Waals surface area contributed by atoms with Gasteiger partial charge in [-0.25, -0.2) is 18.2 Å². The molecule has 1 saturated heterocycles. The van der Waals surface area contributed by atoms with Gasteiger partial charge in [-0.2, -0.15) is 0 Å². The van der Waals surface area contributed by atoms with E-state index in [1.165, 1.54) is 16.2 Å². The molecule has 0 unspecified atom stereocenters. The van der Waals surface area contributed by atoms with E-state index in [9.17, 15) is 18.0 Å². The smallest absolute Gasteiger partial charge is 0.263 e. The molecule has 176 valence electrons. The molecule has 4 rings (SSSR count). The summed E-state index contributed by atoms with van der Waals surface area (Å²) in [6.07, 6.45) is -1.03. The summed E-state index contributed by atoms with van der Waals surface area (Å²) in [6, 6.07) is 5.62. The molecule has 3 aromatic rings. The van der Waals surface area contributed by atoms with Crippen LogP contribution in [0.5, 0.6) is 0 Å². The van der Waals surface area contributed by atoms with Crippen LogP contribution in [-0.2, 0) is 6.42 Å². The molecule has 0 aliphatic carbocycles. The number of hydrogen-bond donors (Lipinski definition) is 3. The van der Waals surface area contributed by atoms with Gasteiger partial charge in [0.15, 0.2) is 0 Å². The fourth-order valence-corrected chi connectivity index (χ4v) is 5.26. The number of hydrogen-bond acceptors (Lipinski definition) is 6. The van der Waals surface area contributed by atoms with Crippen molar-refractivity contribution in [2.75, 3.05) is 43.9 Å². The number of halogens is 3. The molecule has 1 amide bonds. The van der Waals surface area contributed by atoms with Crippen LogP contribution in [-0.4, -0.2) is 56.8 Å². The van der Waals surface area contributed by atoms with Crippen LogP contribution in [0.1, 0.15) is 20.9 Å². The van der Waals surface area contributed by atoms with E-state index in [-0.39, 0.29) is 43.2 Å². The minimum absolute atomic E-state index is 0.00855. The van der Waals surface area contributed by atoms with Gasteiger partial charge >= 0.3 is 0 Å². The number of amides is 1. The summed E-state index contributed by atoms with van der Waals surface area (Å²) in [7, 11) is 3.38. The second-order valence-corrected chi connectivity index (χ2v) is 9.08. The topological polar surface area (TPSA) is 69.3 Å². The predicted octanol–water partition coefficient (Wildman–Crippen LogP) is 3.64. The summed E-state index contributed by atoms with van der Waals surface area (Å²) >= 11 is 1.28. The Morgan fingerprint density at radius 1 is 1.21 bits per heavy atom. The second-order valence-electron chi connectivity index (χ2n) is 8.08. The van der Waals surface area contributed by atoms with E-state index in [1.807, 2.05) is 19.1 Å². The summed E-state index contributed by atoms with van der Waals surface area (Å²) in [4.78, 5) is 20.0. The number of nitrogens with one attached hydrogen (secondary N) is 3. The molecule has 0 saturated carbocycles. The van der Waals surface area contributed by atoms with E-state index in [0.717, 1.165) is 28.0 Å². The van der Waals surface area contributed by atoms with Gasteiger partial charge in [0.05, 0.1) is 24.0 Å². The number of nitrogens with zero attached hydrogens (tertiary/aromatic N) is 2. The highest BCUT2D eigenvalue weighted by Gasteiger charge is 2.33. The van der Waals surface area contributed by atoms with Crippen LogP contribution in [0.3, 0.4) is 0 Å². The molecular formula is C23H26F3N5OS. The Bertz CT molecular complexity index is 1180. The highest BCUT2D eigenvalue weighted by molar-refractivity contribution is 7.21. The van der Waals surface area contributed by atoms with Crippen LogP contribution in [0, 0.1) is 18.6 Å². The number of anilines is 2. The summed E-state index contributed by atoms with van der Waals surface area (Å²) in [5.74, 6) is -1.49. The number of carbonyl (C=O) groups excluding carboxylic acids is 1. The maximum atomic E-state index is 14.7. The summed E-state index contributed by atoms with van der Waals surface area (Å²) in [5, 5.41) is 9.54. The Balaban J connectivity index is 1.43. The van der Waals surface area contributed by atoms with E-state index in [2.05, 4.69) is 20.9 Å². The lowest BCUT2D eigenvalue weighted by atomic mass is 10.1. The lowest BCUT2D eigenvalue weighted by molar-refractivity contribution is 0.0959. The lowest BCUT2D eigenvalue weighted by Crippen LogP contribution is -2.34. The number of carbonyl (C=O) groups is 1. The Morgan fingerprint density at radius 2 is 2.00 bits per heavy atom. The molecule has 3 N–H and O–H groups in total. The van der Waals surface area contributed by atoms with Crippen molar-refractivity contribution < 1.29 is 18.0 Å². The van der Waals surface area contributed by atoms with E-state index >= 15 is 0 Å². The highest BCUT2D eigenvalue weighted by atomic mass is 32.1. The van der Waals surface area contributed by atoms with E-state index in [1.54, 1.807) is 14.1 Å². The number of aromatic nitrogens is 1. The Labute approximate surface area is 194 Å². The van der Waals surface area contributed by atoms with Gasteiger partial charge < -0.3 is 20.9 Å². The molecule has 0 radical (unpaired) electrons. The van der Waals surface area contributed by atoms with Crippen LogP contribution in [0.25, 0.3) is 10.2 Å². The Hall–Kier alpha value is -2.85. The number of aryl methyl sites for hydroxylation is 1. The first-order chi connectivity index (χ1) is 15.8. The van der Waals surface area contributed by atoms with Gasteiger partial charge in [0.1, 0.15) is 27.5 Å². The largest absolute Gasteiger partial charge is 0.386 e. The van der Waals surface area contributed by atoms with Crippen molar-refractivity contribution in [3.8, 4) is 0 Å². The standard InChI is InChI=1S/C23H26F3N5OS/c1-12-4-5-14-20(28-3)21(33-23(14)30-12)22(32)29-7-6-13-8-16(25)19(9-15(13)24)31-10-17(26)18(11-31)27-2/h4-5,8-9,17-18,27-28H,6-7,10-11H2,1-3H3,(H,29,32)/t17-,18-/m1/s1. The fraction of sp³-hybridized carbons (Fsp3) is 0.391. The monoisotopic (exact) mass is 477 g/mol. The van der Waals surface area contributed by atoms with Crippen LogP contribution in [0.2, 0.25) is 0 Å². The van der Waals surface area contributed by atoms with Gasteiger partial charge in [-0.05, 0) is 44.2 Å². The first-order valence-electron chi connectivity index (χ1n) is 10.7. The van der Waals surface area contributed by atoms with Crippen molar-refractivity contribution in [2.24, 2.45) is 0 Å². The minimum atomic E-state index is -1.15. The third-order valence-electron chi connectivity index (χ3n) is 5.91. The minimum Gasteiger partial charge on any atom is -0.386 e. The van der Waals surface area contributed by atoms with E-state index < -0.39 is 23.8 Å². The van der Waals surface area contributed by atoms with Crippen molar-refractivity contribution in [1.29, 1.82) is 0 Å². The highest BCUT2D eigenvalue weighted by Crippen LogP contribution is 2.34. The maximum absolute atomic E-state index is 14.7. The van der Waals surface area contributed by atoms with Crippen molar-refractivity contribution in [3.63, 3.8) is 0 Å². The molecule has 6 nitrogen and oxygen atoms in total. The molecule has 33 heavy (non-hydrogen) atoms. The van der Waals surface area contributed by atoms with Crippen LogP contribution < -0.4 is 20.9 Å². The zero-order valence-electron chi connectivity index (χ0n) is 18.6. The normalized spacial score (nSPS) is 18.2. The number of rotatable bonds is 7. The second kappa shape index (κ2) is 9.56. The SMILES string of the molecule is CNc1c(C(=O)NCCc2cc(F)c(N3C[C@@H](F)[C@H](NC)C3)cc2F)sc2nc(C)ccc12. The lowest BCUT2D eigenvalue weighted by Gasteiger charge is -2.20. The van der Waals surface area contributed by atoms with E-state index in [4.69, 9.17) is 0 Å². The zero-order valence-corrected chi connectivity index (χ0v) is 19.5. The molecule has 0 spiro atoms. The molecule has 3 heterocycles. The first-order valence-corrected chi connectivity index (χ1v) is 11.5. The van der Waals surface area contributed by atoms with Gasteiger partial charge in [-0.3, -0.25) is 4.79 Å². The number of thiophene rings is 1. The maximum Gasteiger partial charge on any atom is 0.263 e. The number of likely N-dealkylation sites (N-methyl/N-ethyl adjacent to an activating group) is 1. The van der Waals surface area contributed by atoms with Crippen LogP contribution in [0.15, 0.2) is 24.3 Å². The molecule has 2 atom stereocenters. The van der Waals surface area contributed by atoms with Gasteiger partial charge in [-0.15, -0.1) is 11.3 Å². The third kappa shape index (κ3) is 4.63. The Morgan fingerprint density at radius 3 is 2.70 bits per heavy atom. The molecule has 1 fully saturated rings. The van der Waals surface area contributed by atoms with Crippen molar-refractivity contribution >= 4 is 38.8 Å². The van der Waals surface area contributed by atoms with Crippen LogP contribution in [0.4, 0.5) is 24.5 Å². The van der Waals surface area contributed by atoms with Crippen LogP contribution >= 0.6 is 11.3 Å². The van der Waals surface area contributed by atoms with Gasteiger partial charge in [0.2, 0.25) is 0 Å². The third-order valence-corrected chi connectivity index (χ3v) is 7.00. The molecule has 10 heteroatoms. The van der Waals surface area contributed by atoms with Gasteiger partial charge in [-0.1, -0.05) is 0 Å². The zero-order chi connectivity index (χ0) is 23.7. The number of pyridine rings is 1. The van der Waals surface area contributed by atoms with Crippen molar-refractivity contribution in [3.05, 3.63) is 52.0 Å². The van der Waals surface area contributed by atoms with Gasteiger partial charge in [0.25, 0.3) is 5.91 Å². The quantitative estimate of drug-likeness (QED) is 0.485. The van der Waals surface area contributed by atoms with E-state index in [0.29, 0.717) is 10.6 Å². The number of fused-ring (bicyclic) bond motifs is 1. The molecule has 0 bridgehead atoms. The number of benzene rings is 1. The molecule has 1 aliphatic rings. The summed E-state index contributed by atoms with van der Waals surface area (Å²) in [6.45, 7) is 2.29. The predicted molar refractivity (Wildman–Crippen MR) is 126 cm³/mol. The fourth-order valence-electron chi connectivity index (χ4n) is 4.11. The van der Waals surface area contributed by atoms with Crippen molar-refractivity contribution in [1.82, 2.24) is 15.6 Å². The molecule has 1 aromatic carbocycles. The molecule has 2 aromatic heterocycles. The summed E-state index contributed by atoms with van der Waals surface area (Å²) in [5.41, 5.74) is 1.75.